The number of rotatable bonds is 1. The molecule has 5 atom stereocenters. The minimum Gasteiger partial charge on any atom is -0.362 e. The Morgan fingerprint density at radius 2 is 1.85 bits per heavy atom. The highest BCUT2D eigenvalue weighted by Gasteiger charge is 2.58. The first-order valence-electron chi connectivity index (χ1n) is 9.68. The van der Waals surface area contributed by atoms with Gasteiger partial charge in [-0.15, -0.1) is 0 Å². The molecule has 2 aliphatic carbocycles. The SMILES string of the molecule is Cc1cc2c([nH]1)[C@@H]1CCC(C)C[C@@H]1[C@@H]1C(=O)N(c3ccccc3)C(=O)[C@H]21. The first-order valence-corrected chi connectivity index (χ1v) is 9.68. The van der Waals surface area contributed by atoms with E-state index in [4.69, 9.17) is 0 Å². The summed E-state index contributed by atoms with van der Waals surface area (Å²) in [4.78, 5) is 31.8. The largest absolute Gasteiger partial charge is 0.362 e. The number of para-hydroxylation sites is 1. The molecule has 2 heterocycles. The summed E-state index contributed by atoms with van der Waals surface area (Å²) in [5.74, 6) is 0.668. The number of aromatic nitrogens is 1. The third-order valence-electron chi connectivity index (χ3n) is 6.71. The Bertz CT molecular complexity index is 885. The average Bonchev–Trinajstić information content (AvgIpc) is 3.13. The number of amides is 2. The zero-order valence-corrected chi connectivity index (χ0v) is 15.2. The molecule has 0 spiro atoms. The molecule has 1 aromatic heterocycles. The summed E-state index contributed by atoms with van der Waals surface area (Å²) >= 11 is 0. The maximum Gasteiger partial charge on any atom is 0.242 e. The lowest BCUT2D eigenvalue weighted by Crippen LogP contribution is -2.39. The van der Waals surface area contributed by atoms with Crippen molar-refractivity contribution >= 4 is 17.5 Å². The van der Waals surface area contributed by atoms with Gasteiger partial charge in [-0.1, -0.05) is 31.5 Å². The summed E-state index contributed by atoms with van der Waals surface area (Å²) in [5.41, 5.74) is 4.08. The molecule has 5 rings (SSSR count). The van der Waals surface area contributed by atoms with E-state index in [2.05, 4.69) is 18.0 Å². The van der Waals surface area contributed by atoms with Gasteiger partial charge in [0.2, 0.25) is 11.8 Å². The summed E-state index contributed by atoms with van der Waals surface area (Å²) in [7, 11) is 0. The maximum absolute atomic E-state index is 13.4. The monoisotopic (exact) mass is 348 g/mol. The summed E-state index contributed by atoms with van der Waals surface area (Å²) < 4.78 is 0. The molecule has 3 aliphatic rings. The number of fused-ring (bicyclic) bond motifs is 6. The molecule has 4 heteroatoms. The van der Waals surface area contributed by atoms with Crippen LogP contribution in [-0.4, -0.2) is 16.8 Å². The number of benzene rings is 1. The van der Waals surface area contributed by atoms with Crippen LogP contribution >= 0.6 is 0 Å². The van der Waals surface area contributed by atoms with Crippen molar-refractivity contribution in [3.05, 3.63) is 53.3 Å². The van der Waals surface area contributed by atoms with E-state index in [1.165, 1.54) is 17.0 Å². The zero-order chi connectivity index (χ0) is 18.0. The lowest BCUT2D eigenvalue weighted by molar-refractivity contribution is -0.123. The van der Waals surface area contributed by atoms with Crippen molar-refractivity contribution in [2.75, 3.05) is 4.90 Å². The Kier molecular flexibility index (Phi) is 3.40. The Balaban J connectivity index is 1.66. The first-order chi connectivity index (χ1) is 12.6. The van der Waals surface area contributed by atoms with E-state index in [1.807, 2.05) is 37.3 Å². The van der Waals surface area contributed by atoms with Crippen LogP contribution in [-0.2, 0) is 9.59 Å². The van der Waals surface area contributed by atoms with Crippen LogP contribution < -0.4 is 4.90 Å². The second-order valence-electron chi connectivity index (χ2n) is 8.36. The highest BCUT2D eigenvalue weighted by molar-refractivity contribution is 6.24. The lowest BCUT2D eigenvalue weighted by atomic mass is 9.60. The second kappa shape index (κ2) is 5.57. The fraction of sp³-hybridized carbons (Fsp3) is 0.455. The molecular weight excluding hydrogens is 324 g/mol. The number of nitrogens with zero attached hydrogens (tertiary/aromatic N) is 1. The molecule has 1 aliphatic heterocycles. The van der Waals surface area contributed by atoms with Crippen LogP contribution in [0.25, 0.3) is 0 Å². The number of hydrogen-bond donors (Lipinski definition) is 1. The molecule has 1 aromatic carbocycles. The molecule has 2 aromatic rings. The molecule has 4 nitrogen and oxygen atoms in total. The van der Waals surface area contributed by atoms with Gasteiger partial charge in [-0.25, -0.2) is 4.90 Å². The van der Waals surface area contributed by atoms with Crippen LogP contribution in [0.4, 0.5) is 5.69 Å². The molecule has 2 amide bonds. The van der Waals surface area contributed by atoms with Crippen LogP contribution in [0.2, 0.25) is 0 Å². The van der Waals surface area contributed by atoms with E-state index in [-0.39, 0.29) is 29.6 Å². The van der Waals surface area contributed by atoms with Gasteiger partial charge in [0.1, 0.15) is 0 Å². The number of nitrogens with one attached hydrogen (secondary N) is 1. The number of carbonyl (C=O) groups is 2. The highest BCUT2D eigenvalue weighted by atomic mass is 16.2. The summed E-state index contributed by atoms with van der Waals surface area (Å²) in [6.07, 6.45) is 3.33. The molecule has 26 heavy (non-hydrogen) atoms. The second-order valence-corrected chi connectivity index (χ2v) is 8.36. The van der Waals surface area contributed by atoms with Crippen molar-refractivity contribution in [2.45, 2.75) is 44.9 Å². The Morgan fingerprint density at radius 1 is 1.08 bits per heavy atom. The molecule has 1 N–H and O–H groups in total. The minimum atomic E-state index is -0.325. The topological polar surface area (TPSA) is 53.2 Å². The van der Waals surface area contributed by atoms with Gasteiger partial charge in [0.15, 0.2) is 0 Å². The van der Waals surface area contributed by atoms with Crippen molar-refractivity contribution in [1.82, 2.24) is 4.98 Å². The molecule has 1 saturated heterocycles. The van der Waals surface area contributed by atoms with Crippen LogP contribution in [0.5, 0.6) is 0 Å². The number of anilines is 1. The number of aromatic amines is 1. The van der Waals surface area contributed by atoms with Gasteiger partial charge in [0.05, 0.1) is 17.5 Å². The van der Waals surface area contributed by atoms with Crippen molar-refractivity contribution in [3.63, 3.8) is 0 Å². The van der Waals surface area contributed by atoms with E-state index in [9.17, 15) is 9.59 Å². The molecule has 1 unspecified atom stereocenters. The highest BCUT2D eigenvalue weighted by Crippen LogP contribution is 2.56. The van der Waals surface area contributed by atoms with Crippen molar-refractivity contribution in [2.24, 2.45) is 17.8 Å². The van der Waals surface area contributed by atoms with E-state index in [0.29, 0.717) is 17.5 Å². The predicted molar refractivity (Wildman–Crippen MR) is 99.9 cm³/mol. The summed E-state index contributed by atoms with van der Waals surface area (Å²) in [5, 5.41) is 0. The van der Waals surface area contributed by atoms with E-state index in [0.717, 1.165) is 24.1 Å². The Hall–Kier alpha value is -2.36. The Morgan fingerprint density at radius 3 is 2.62 bits per heavy atom. The molecule has 0 bridgehead atoms. The van der Waals surface area contributed by atoms with Gasteiger partial charge in [0.25, 0.3) is 0 Å². The normalized spacial score (nSPS) is 33.0. The Labute approximate surface area is 153 Å². The zero-order valence-electron chi connectivity index (χ0n) is 15.2. The van der Waals surface area contributed by atoms with Crippen LogP contribution in [0.15, 0.2) is 36.4 Å². The predicted octanol–water partition coefficient (Wildman–Crippen LogP) is 4.13. The van der Waals surface area contributed by atoms with Gasteiger partial charge < -0.3 is 4.98 Å². The van der Waals surface area contributed by atoms with Crippen LogP contribution in [0, 0.1) is 24.7 Å². The number of hydrogen-bond acceptors (Lipinski definition) is 2. The van der Waals surface area contributed by atoms with Crippen LogP contribution in [0.1, 0.15) is 55.0 Å². The maximum atomic E-state index is 13.4. The van der Waals surface area contributed by atoms with Gasteiger partial charge in [-0.2, -0.15) is 0 Å². The fourth-order valence-electron chi connectivity index (χ4n) is 5.66. The number of H-pyrrole nitrogens is 1. The third-order valence-corrected chi connectivity index (χ3v) is 6.71. The van der Waals surface area contributed by atoms with Crippen LogP contribution in [0.3, 0.4) is 0 Å². The van der Waals surface area contributed by atoms with E-state index in [1.54, 1.807) is 0 Å². The smallest absolute Gasteiger partial charge is 0.242 e. The number of carbonyl (C=O) groups excluding carboxylic acids is 2. The first kappa shape index (κ1) is 15.9. The van der Waals surface area contributed by atoms with Crippen molar-refractivity contribution < 1.29 is 9.59 Å². The summed E-state index contributed by atoms with van der Waals surface area (Å²) in [6, 6.07) is 11.5. The fourth-order valence-corrected chi connectivity index (χ4v) is 5.66. The minimum absolute atomic E-state index is 0.000182. The van der Waals surface area contributed by atoms with Gasteiger partial charge in [0, 0.05) is 17.3 Å². The van der Waals surface area contributed by atoms with E-state index >= 15 is 0 Å². The third kappa shape index (κ3) is 2.08. The molecule has 134 valence electrons. The van der Waals surface area contributed by atoms with Gasteiger partial charge >= 0.3 is 0 Å². The average molecular weight is 348 g/mol. The molecular formula is C22H24N2O2. The van der Waals surface area contributed by atoms with Gasteiger partial charge in [-0.3, -0.25) is 9.59 Å². The quantitative estimate of drug-likeness (QED) is 0.788. The van der Waals surface area contributed by atoms with Crippen molar-refractivity contribution in [1.29, 1.82) is 0 Å². The standard InChI is InChI=1S/C22H24N2O2/c1-12-8-9-15-16(10-12)18-19(17-11-13(2)23-20(15)17)22(26)24(21(18)25)14-6-4-3-5-7-14/h3-7,11-12,15-16,18-19,23H,8-10H2,1-2H3/t12?,15-,16+,18+,19-/m1/s1. The molecule has 0 radical (unpaired) electrons. The number of imide groups is 1. The van der Waals surface area contributed by atoms with Gasteiger partial charge in [-0.05, 0) is 55.4 Å². The summed E-state index contributed by atoms with van der Waals surface area (Å²) in [6.45, 7) is 4.32. The molecule has 2 fully saturated rings. The lowest BCUT2D eigenvalue weighted by Gasteiger charge is -2.42. The van der Waals surface area contributed by atoms with E-state index < -0.39 is 0 Å². The molecule has 1 saturated carbocycles. The van der Waals surface area contributed by atoms with Crippen molar-refractivity contribution in [3.8, 4) is 0 Å². The number of aryl methyl sites for hydroxylation is 1.